The van der Waals surface area contributed by atoms with Gasteiger partial charge in [0.15, 0.2) is 0 Å². The van der Waals surface area contributed by atoms with Crippen molar-refractivity contribution < 1.29 is 13.2 Å². The first kappa shape index (κ1) is 17.3. The van der Waals surface area contributed by atoms with Crippen LogP contribution in [0.3, 0.4) is 0 Å². The lowest BCUT2D eigenvalue weighted by atomic mass is 9.93. The average molecular weight is 391 g/mol. The van der Waals surface area contributed by atoms with Gasteiger partial charge in [-0.2, -0.15) is 13.2 Å². The summed E-state index contributed by atoms with van der Waals surface area (Å²) in [5.74, 6) is 0.395. The van der Waals surface area contributed by atoms with Crippen LogP contribution in [0.25, 0.3) is 0 Å². The fourth-order valence-electron chi connectivity index (χ4n) is 4.37. The van der Waals surface area contributed by atoms with E-state index in [0.717, 1.165) is 42.2 Å². The van der Waals surface area contributed by atoms with Crippen molar-refractivity contribution in [1.82, 2.24) is 4.90 Å². The van der Waals surface area contributed by atoms with Gasteiger partial charge in [0, 0.05) is 15.7 Å². The molecule has 27 heavy (non-hydrogen) atoms. The topological polar surface area (TPSA) is 18.5 Å². The molecule has 1 saturated heterocycles. The number of anilines is 3. The second kappa shape index (κ2) is 6.07. The minimum Gasteiger partial charge on any atom is -0.363 e. The van der Waals surface area contributed by atoms with E-state index in [4.69, 9.17) is 0 Å². The lowest BCUT2D eigenvalue weighted by molar-refractivity contribution is -0.137. The van der Waals surface area contributed by atoms with Gasteiger partial charge in [-0.1, -0.05) is 23.9 Å². The summed E-state index contributed by atoms with van der Waals surface area (Å²) in [7, 11) is 2.12. The molecule has 2 aromatic carbocycles. The van der Waals surface area contributed by atoms with E-state index in [2.05, 4.69) is 28.2 Å². The summed E-state index contributed by atoms with van der Waals surface area (Å²) in [6.07, 6.45) is -2.27. The number of alkyl halides is 3. The SMILES string of the molecule is CN1CCC(C2Nc3cc(C(F)(F)F)cc4c3N2c2ccccc2S4)CC1. The highest BCUT2D eigenvalue weighted by Gasteiger charge is 2.43. The van der Waals surface area contributed by atoms with Crippen molar-refractivity contribution in [1.29, 1.82) is 0 Å². The number of para-hydroxylation sites is 1. The number of hydrogen-bond acceptors (Lipinski definition) is 4. The van der Waals surface area contributed by atoms with Crippen molar-refractivity contribution in [3.63, 3.8) is 0 Å². The maximum absolute atomic E-state index is 13.4. The highest BCUT2D eigenvalue weighted by atomic mass is 32.2. The first-order valence-electron chi connectivity index (χ1n) is 9.18. The van der Waals surface area contributed by atoms with Gasteiger partial charge in [-0.05, 0) is 57.2 Å². The van der Waals surface area contributed by atoms with E-state index >= 15 is 0 Å². The molecule has 1 atom stereocenters. The predicted octanol–water partition coefficient (Wildman–Crippen LogP) is 5.40. The summed E-state index contributed by atoms with van der Waals surface area (Å²) in [4.78, 5) is 6.25. The van der Waals surface area contributed by atoms with Gasteiger partial charge in [0.1, 0.15) is 6.17 Å². The molecule has 0 bridgehead atoms. The molecule has 0 spiro atoms. The molecule has 1 N–H and O–H groups in total. The molecule has 0 radical (unpaired) electrons. The van der Waals surface area contributed by atoms with Crippen LogP contribution in [0.15, 0.2) is 46.2 Å². The molecule has 142 valence electrons. The minimum absolute atomic E-state index is 0.00187. The fraction of sp³-hybridized carbons (Fsp3) is 0.400. The Bertz CT molecular complexity index is 891. The second-order valence-corrected chi connectivity index (χ2v) is 8.62. The molecular formula is C20H20F3N3S. The number of rotatable bonds is 1. The fourth-order valence-corrected chi connectivity index (χ4v) is 5.52. The number of fused-ring (bicyclic) bond motifs is 2. The van der Waals surface area contributed by atoms with Crippen molar-refractivity contribution >= 4 is 28.8 Å². The number of hydrogen-bond donors (Lipinski definition) is 1. The summed E-state index contributed by atoms with van der Waals surface area (Å²) in [6.45, 7) is 2.04. The Kier molecular flexibility index (Phi) is 3.88. The summed E-state index contributed by atoms with van der Waals surface area (Å²) in [6, 6.07) is 10.6. The van der Waals surface area contributed by atoms with E-state index in [1.54, 1.807) is 0 Å². The van der Waals surface area contributed by atoms with Crippen molar-refractivity contribution in [2.75, 3.05) is 30.4 Å². The minimum atomic E-state index is -4.35. The van der Waals surface area contributed by atoms with E-state index in [9.17, 15) is 13.2 Å². The molecule has 7 heteroatoms. The second-order valence-electron chi connectivity index (χ2n) is 7.54. The largest absolute Gasteiger partial charge is 0.416 e. The van der Waals surface area contributed by atoms with Gasteiger partial charge in [0.25, 0.3) is 0 Å². The van der Waals surface area contributed by atoms with Gasteiger partial charge in [0.05, 0.1) is 22.6 Å². The maximum atomic E-state index is 13.4. The Morgan fingerprint density at radius 3 is 2.56 bits per heavy atom. The highest BCUT2D eigenvalue weighted by molar-refractivity contribution is 7.99. The zero-order chi connectivity index (χ0) is 18.8. The molecule has 5 rings (SSSR count). The number of nitrogens with one attached hydrogen (secondary N) is 1. The lowest BCUT2D eigenvalue weighted by Gasteiger charge is -2.39. The van der Waals surface area contributed by atoms with Gasteiger partial charge >= 0.3 is 6.18 Å². The molecule has 1 fully saturated rings. The third kappa shape index (κ3) is 2.79. The lowest BCUT2D eigenvalue weighted by Crippen LogP contribution is -2.44. The summed E-state index contributed by atoms with van der Waals surface area (Å²) in [5, 5.41) is 3.45. The molecule has 3 aliphatic heterocycles. The summed E-state index contributed by atoms with van der Waals surface area (Å²) < 4.78 is 40.3. The van der Waals surface area contributed by atoms with E-state index < -0.39 is 11.7 Å². The molecule has 0 aliphatic carbocycles. The van der Waals surface area contributed by atoms with Gasteiger partial charge in [0.2, 0.25) is 0 Å². The Hall–Kier alpha value is -1.86. The van der Waals surface area contributed by atoms with Crippen LogP contribution in [-0.4, -0.2) is 31.2 Å². The van der Waals surface area contributed by atoms with E-state index in [1.165, 1.54) is 23.9 Å². The third-order valence-electron chi connectivity index (χ3n) is 5.78. The molecule has 0 saturated carbocycles. The van der Waals surface area contributed by atoms with E-state index in [-0.39, 0.29) is 6.17 Å². The smallest absolute Gasteiger partial charge is 0.363 e. The summed E-state index contributed by atoms with van der Waals surface area (Å²) >= 11 is 1.43. The molecule has 1 unspecified atom stereocenters. The zero-order valence-electron chi connectivity index (χ0n) is 14.9. The van der Waals surface area contributed by atoms with Crippen LogP contribution in [0, 0.1) is 5.92 Å². The Labute approximate surface area is 160 Å². The number of piperidine rings is 1. The third-order valence-corrected chi connectivity index (χ3v) is 6.88. The van der Waals surface area contributed by atoms with E-state index in [0.29, 0.717) is 16.5 Å². The number of nitrogens with zero attached hydrogens (tertiary/aromatic N) is 2. The Balaban J connectivity index is 1.62. The number of benzene rings is 2. The average Bonchev–Trinajstić information content (AvgIpc) is 3.02. The predicted molar refractivity (Wildman–Crippen MR) is 102 cm³/mol. The number of halogens is 3. The molecule has 3 heterocycles. The Morgan fingerprint density at radius 1 is 1.07 bits per heavy atom. The molecular weight excluding hydrogens is 371 g/mol. The quantitative estimate of drug-likeness (QED) is 0.701. The highest BCUT2D eigenvalue weighted by Crippen LogP contribution is 2.57. The molecule has 0 aromatic heterocycles. The normalized spacial score (nSPS) is 22.4. The van der Waals surface area contributed by atoms with Crippen LogP contribution in [0.4, 0.5) is 30.2 Å². The van der Waals surface area contributed by atoms with Crippen molar-refractivity contribution in [3.8, 4) is 0 Å². The first-order chi connectivity index (χ1) is 12.9. The monoisotopic (exact) mass is 391 g/mol. The van der Waals surface area contributed by atoms with Crippen LogP contribution in [0.5, 0.6) is 0 Å². The van der Waals surface area contributed by atoms with Crippen LogP contribution >= 0.6 is 11.8 Å². The molecule has 2 aromatic rings. The van der Waals surface area contributed by atoms with Gasteiger partial charge in [-0.25, -0.2) is 0 Å². The van der Waals surface area contributed by atoms with Crippen LogP contribution in [0.2, 0.25) is 0 Å². The standard InChI is InChI=1S/C20H20F3N3S/c1-25-8-6-12(7-9-25)19-24-14-10-13(20(21,22)23)11-17-18(14)26(19)15-4-2-3-5-16(15)27-17/h2-5,10-12,19,24H,6-9H2,1H3. The van der Waals surface area contributed by atoms with Gasteiger partial charge in [-0.3, -0.25) is 0 Å². The van der Waals surface area contributed by atoms with Crippen molar-refractivity contribution in [2.45, 2.75) is 35.0 Å². The molecule has 0 amide bonds. The van der Waals surface area contributed by atoms with Gasteiger partial charge in [-0.15, -0.1) is 0 Å². The maximum Gasteiger partial charge on any atom is 0.416 e. The Morgan fingerprint density at radius 2 is 1.81 bits per heavy atom. The van der Waals surface area contributed by atoms with Crippen LogP contribution in [-0.2, 0) is 6.18 Å². The zero-order valence-corrected chi connectivity index (χ0v) is 15.7. The van der Waals surface area contributed by atoms with Crippen LogP contribution < -0.4 is 10.2 Å². The number of likely N-dealkylation sites (tertiary alicyclic amines) is 1. The summed E-state index contributed by atoms with van der Waals surface area (Å²) in [5.41, 5.74) is 2.01. The molecule has 3 nitrogen and oxygen atoms in total. The van der Waals surface area contributed by atoms with Gasteiger partial charge < -0.3 is 15.1 Å². The molecule has 3 aliphatic rings. The van der Waals surface area contributed by atoms with Crippen molar-refractivity contribution in [2.24, 2.45) is 5.92 Å². The van der Waals surface area contributed by atoms with Crippen molar-refractivity contribution in [3.05, 3.63) is 42.0 Å². The first-order valence-corrected chi connectivity index (χ1v) is 10.00. The van der Waals surface area contributed by atoms with E-state index in [1.807, 2.05) is 18.2 Å². The van der Waals surface area contributed by atoms with Crippen LogP contribution in [0.1, 0.15) is 18.4 Å².